The topological polar surface area (TPSA) is 155 Å². The molecule has 0 spiro atoms. The number of aliphatic hydroxyl groups is 1. The third-order valence-corrected chi connectivity index (χ3v) is 10.2. The standard InChI is InChI=1S/C38H47N5O5S/c1-27(2)25-43(49(47,48)34-21-19-32(39)20-22-34)33(26-44)16-10-11-23-40-38(46)36(42-37(45)31-18-17-28(3)41-24-31)35(29-12-6-4-7-13-29)30-14-8-5-9-15-30/h4-9,12-15,17-22,24,27,33,35-36,44H,10-11,16,23,25-26,39H2,1-3H3,(H,40,46)(H,42,45)/t33-,36-/m0/s1. The number of nitrogens with zero attached hydrogens (tertiary/aromatic N) is 2. The number of rotatable bonds is 17. The number of pyridine rings is 1. The summed E-state index contributed by atoms with van der Waals surface area (Å²) in [6.07, 6.45) is 2.96. The molecule has 0 aliphatic carbocycles. The van der Waals surface area contributed by atoms with Gasteiger partial charge in [0.25, 0.3) is 5.91 Å². The first kappa shape index (κ1) is 37.2. The van der Waals surface area contributed by atoms with E-state index >= 15 is 0 Å². The molecule has 4 rings (SSSR count). The highest BCUT2D eigenvalue weighted by molar-refractivity contribution is 7.89. The summed E-state index contributed by atoms with van der Waals surface area (Å²) < 4.78 is 28.6. The maximum atomic E-state index is 14.0. The monoisotopic (exact) mass is 685 g/mol. The minimum absolute atomic E-state index is 0.0295. The average Bonchev–Trinajstić information content (AvgIpc) is 3.10. The number of anilines is 1. The van der Waals surface area contributed by atoms with E-state index in [-0.39, 0.29) is 29.9 Å². The van der Waals surface area contributed by atoms with Crippen LogP contribution in [-0.4, -0.2) is 66.4 Å². The van der Waals surface area contributed by atoms with Crippen LogP contribution in [-0.2, 0) is 14.8 Å². The molecule has 10 nitrogen and oxygen atoms in total. The first-order valence-corrected chi connectivity index (χ1v) is 18.0. The number of unbranched alkanes of at least 4 members (excludes halogenated alkanes) is 1. The van der Waals surface area contributed by atoms with Gasteiger partial charge >= 0.3 is 0 Å². The number of nitrogen functional groups attached to an aromatic ring is 1. The number of carbonyl (C=O) groups excluding carboxylic acids is 2. The van der Waals surface area contributed by atoms with Gasteiger partial charge in [-0.05, 0) is 73.2 Å². The predicted octanol–water partition coefficient (Wildman–Crippen LogP) is 4.90. The summed E-state index contributed by atoms with van der Waals surface area (Å²) in [7, 11) is -3.89. The smallest absolute Gasteiger partial charge is 0.253 e. The highest BCUT2D eigenvalue weighted by atomic mass is 32.2. The predicted molar refractivity (Wildman–Crippen MR) is 192 cm³/mol. The molecule has 2 amide bonds. The Hall–Kier alpha value is -4.58. The van der Waals surface area contributed by atoms with E-state index in [1.54, 1.807) is 24.3 Å². The lowest BCUT2D eigenvalue weighted by Crippen LogP contribution is -2.50. The van der Waals surface area contributed by atoms with Crippen molar-refractivity contribution in [3.8, 4) is 0 Å². The van der Waals surface area contributed by atoms with Crippen LogP contribution >= 0.6 is 0 Å². The van der Waals surface area contributed by atoms with E-state index in [0.717, 1.165) is 16.8 Å². The molecule has 11 heteroatoms. The molecule has 4 aromatic rings. The summed E-state index contributed by atoms with van der Waals surface area (Å²) in [5, 5.41) is 16.3. The molecule has 2 atom stereocenters. The molecule has 5 N–H and O–H groups in total. The maximum Gasteiger partial charge on any atom is 0.253 e. The quantitative estimate of drug-likeness (QED) is 0.0911. The van der Waals surface area contributed by atoms with E-state index < -0.39 is 33.9 Å². The van der Waals surface area contributed by atoms with Gasteiger partial charge in [0, 0.05) is 42.6 Å². The fraction of sp³-hybridized carbons (Fsp3) is 0.342. The first-order chi connectivity index (χ1) is 23.5. The van der Waals surface area contributed by atoms with Crippen LogP contribution in [0.3, 0.4) is 0 Å². The van der Waals surface area contributed by atoms with Gasteiger partial charge in [0.15, 0.2) is 0 Å². The molecule has 260 valence electrons. The Balaban J connectivity index is 1.49. The van der Waals surface area contributed by atoms with Gasteiger partial charge in [0.1, 0.15) is 6.04 Å². The van der Waals surface area contributed by atoms with E-state index in [2.05, 4.69) is 15.6 Å². The Morgan fingerprint density at radius 2 is 1.49 bits per heavy atom. The zero-order valence-corrected chi connectivity index (χ0v) is 29.1. The molecule has 0 unspecified atom stereocenters. The van der Waals surface area contributed by atoms with Crippen molar-refractivity contribution in [3.63, 3.8) is 0 Å². The Bertz CT molecular complexity index is 1700. The largest absolute Gasteiger partial charge is 0.399 e. The minimum atomic E-state index is -3.89. The molecule has 0 fully saturated rings. The number of benzene rings is 3. The summed E-state index contributed by atoms with van der Waals surface area (Å²) in [5.41, 5.74) is 9.10. The van der Waals surface area contributed by atoms with Crippen molar-refractivity contribution < 1.29 is 23.1 Å². The van der Waals surface area contributed by atoms with Gasteiger partial charge in [-0.3, -0.25) is 14.6 Å². The molecular weight excluding hydrogens is 639 g/mol. The number of nitrogens with one attached hydrogen (secondary N) is 2. The second kappa shape index (κ2) is 17.7. The molecule has 0 saturated carbocycles. The number of aromatic nitrogens is 1. The van der Waals surface area contributed by atoms with Crippen molar-refractivity contribution in [1.82, 2.24) is 19.9 Å². The molecule has 3 aromatic carbocycles. The zero-order chi connectivity index (χ0) is 35.4. The molecule has 1 aromatic heterocycles. The van der Waals surface area contributed by atoms with Crippen LogP contribution in [0.15, 0.2) is 108 Å². The molecule has 49 heavy (non-hydrogen) atoms. The lowest BCUT2D eigenvalue weighted by molar-refractivity contribution is -0.123. The van der Waals surface area contributed by atoms with E-state index in [1.807, 2.05) is 81.4 Å². The summed E-state index contributed by atoms with van der Waals surface area (Å²) in [4.78, 5) is 31.8. The number of carbonyl (C=O) groups is 2. The number of amides is 2. The molecule has 0 aliphatic rings. The second-order valence-electron chi connectivity index (χ2n) is 12.6. The van der Waals surface area contributed by atoms with Crippen LogP contribution in [0, 0.1) is 12.8 Å². The molecule has 1 heterocycles. The highest BCUT2D eigenvalue weighted by Crippen LogP contribution is 2.29. The van der Waals surface area contributed by atoms with Crippen molar-refractivity contribution in [2.75, 3.05) is 25.4 Å². The number of hydrogen-bond acceptors (Lipinski definition) is 7. The van der Waals surface area contributed by atoms with Crippen LogP contribution in [0.4, 0.5) is 5.69 Å². The fourth-order valence-corrected chi connectivity index (χ4v) is 7.57. The van der Waals surface area contributed by atoms with E-state index in [0.29, 0.717) is 37.1 Å². The van der Waals surface area contributed by atoms with E-state index in [4.69, 9.17) is 5.73 Å². The van der Waals surface area contributed by atoms with E-state index in [9.17, 15) is 23.1 Å². The van der Waals surface area contributed by atoms with Crippen LogP contribution < -0.4 is 16.4 Å². The Morgan fingerprint density at radius 1 is 0.878 bits per heavy atom. The van der Waals surface area contributed by atoms with Gasteiger partial charge in [-0.1, -0.05) is 80.9 Å². The second-order valence-corrected chi connectivity index (χ2v) is 14.5. The minimum Gasteiger partial charge on any atom is -0.399 e. The third kappa shape index (κ3) is 10.2. The van der Waals surface area contributed by atoms with Crippen LogP contribution in [0.25, 0.3) is 0 Å². The van der Waals surface area contributed by atoms with Gasteiger partial charge in [0.2, 0.25) is 15.9 Å². The molecule has 0 bridgehead atoms. The third-order valence-electron chi connectivity index (χ3n) is 8.31. The first-order valence-electron chi connectivity index (χ1n) is 16.6. The van der Waals surface area contributed by atoms with Gasteiger partial charge in [0.05, 0.1) is 17.1 Å². The SMILES string of the molecule is Cc1ccc(C(=O)N[C@H](C(=O)NCCCC[C@@H](CO)N(CC(C)C)S(=O)(=O)c2ccc(N)cc2)C(c2ccccc2)c2ccccc2)cn1. The van der Waals surface area contributed by atoms with Crippen LogP contribution in [0.1, 0.15) is 66.2 Å². The molecule has 0 saturated heterocycles. The van der Waals surface area contributed by atoms with Gasteiger partial charge < -0.3 is 21.5 Å². The van der Waals surface area contributed by atoms with Crippen molar-refractivity contribution in [3.05, 3.63) is 126 Å². The highest BCUT2D eigenvalue weighted by Gasteiger charge is 2.34. The van der Waals surface area contributed by atoms with Crippen LogP contribution in [0.2, 0.25) is 0 Å². The lowest BCUT2D eigenvalue weighted by atomic mass is 9.84. The Morgan fingerprint density at radius 3 is 2.02 bits per heavy atom. The zero-order valence-electron chi connectivity index (χ0n) is 28.3. The molecule has 0 radical (unpaired) electrons. The van der Waals surface area contributed by atoms with Crippen molar-refractivity contribution in [2.24, 2.45) is 5.92 Å². The summed E-state index contributed by atoms with van der Waals surface area (Å²) in [6.45, 7) is 5.89. The normalized spacial score (nSPS) is 13.0. The molecular formula is C38H47N5O5S. The number of hydrogen-bond donors (Lipinski definition) is 4. The van der Waals surface area contributed by atoms with Crippen molar-refractivity contribution in [2.45, 2.75) is 62.9 Å². The van der Waals surface area contributed by atoms with Crippen molar-refractivity contribution >= 4 is 27.5 Å². The van der Waals surface area contributed by atoms with Crippen molar-refractivity contribution in [1.29, 1.82) is 0 Å². The Kier molecular flexibility index (Phi) is 13.5. The average molecular weight is 686 g/mol. The summed E-state index contributed by atoms with van der Waals surface area (Å²) >= 11 is 0. The number of nitrogens with two attached hydrogens (primary N) is 1. The number of aliphatic hydroxyl groups excluding tert-OH is 1. The summed E-state index contributed by atoms with van der Waals surface area (Å²) in [6, 6.07) is 27.1. The summed E-state index contributed by atoms with van der Waals surface area (Å²) in [5.74, 6) is -1.21. The number of sulfonamides is 1. The lowest BCUT2D eigenvalue weighted by Gasteiger charge is -2.31. The fourth-order valence-electron chi connectivity index (χ4n) is 5.76. The van der Waals surface area contributed by atoms with Gasteiger partial charge in [-0.15, -0.1) is 0 Å². The van der Waals surface area contributed by atoms with Gasteiger partial charge in [-0.2, -0.15) is 4.31 Å². The van der Waals surface area contributed by atoms with E-state index in [1.165, 1.54) is 22.6 Å². The van der Waals surface area contributed by atoms with Gasteiger partial charge in [-0.25, -0.2) is 8.42 Å². The van der Waals surface area contributed by atoms with Crippen LogP contribution in [0.5, 0.6) is 0 Å². The Labute approximate surface area is 289 Å². The maximum absolute atomic E-state index is 14.0. The molecule has 0 aliphatic heterocycles. The number of aryl methyl sites for hydroxylation is 1.